The number of hydrogen-bond acceptors (Lipinski definition) is 7. The van der Waals surface area contributed by atoms with Crippen LogP contribution in [0.25, 0.3) is 22.0 Å². The first kappa shape index (κ1) is 17.4. The number of nitrogens with one attached hydrogen (secondary N) is 1. The van der Waals surface area contributed by atoms with Gasteiger partial charge in [0.2, 0.25) is 0 Å². The number of nitriles is 1. The van der Waals surface area contributed by atoms with E-state index in [2.05, 4.69) is 25.5 Å². The lowest BCUT2D eigenvalue weighted by atomic mass is 9.96. The van der Waals surface area contributed by atoms with E-state index in [4.69, 9.17) is 5.73 Å². The van der Waals surface area contributed by atoms with Crippen LogP contribution in [0.5, 0.6) is 0 Å². The molecule has 0 bridgehead atoms. The topological polar surface area (TPSA) is 113 Å². The number of rotatable bonds is 4. The minimum atomic E-state index is -0.270. The zero-order chi connectivity index (χ0) is 19.5. The van der Waals surface area contributed by atoms with E-state index in [-0.39, 0.29) is 17.4 Å². The lowest BCUT2D eigenvalue weighted by Crippen LogP contribution is -2.14. The summed E-state index contributed by atoms with van der Waals surface area (Å²) in [6.45, 7) is 1.95. The smallest absolute Gasteiger partial charge is 0.150 e. The molecule has 0 spiro atoms. The molecule has 1 atom stereocenters. The summed E-state index contributed by atoms with van der Waals surface area (Å²) in [6, 6.07) is 19.7. The van der Waals surface area contributed by atoms with Gasteiger partial charge in [-0.2, -0.15) is 15.5 Å². The predicted molar refractivity (Wildman–Crippen MR) is 108 cm³/mol. The van der Waals surface area contributed by atoms with Crippen LogP contribution < -0.4 is 11.1 Å². The van der Waals surface area contributed by atoms with Crippen LogP contribution in [0.4, 0.5) is 11.6 Å². The summed E-state index contributed by atoms with van der Waals surface area (Å²) >= 11 is 0. The Labute approximate surface area is 161 Å². The van der Waals surface area contributed by atoms with Crippen LogP contribution in [0.1, 0.15) is 24.2 Å². The monoisotopic (exact) mass is 367 g/mol. The number of fused-ring (bicyclic) bond motifs is 1. The van der Waals surface area contributed by atoms with Crippen LogP contribution in [-0.2, 0) is 0 Å². The first-order valence-corrected chi connectivity index (χ1v) is 8.77. The lowest BCUT2D eigenvalue weighted by Gasteiger charge is -2.19. The zero-order valence-electron chi connectivity index (χ0n) is 15.2. The maximum absolute atomic E-state index is 9.38. The van der Waals surface area contributed by atoms with Crippen molar-refractivity contribution in [3.63, 3.8) is 0 Å². The molecule has 2 aromatic heterocycles. The molecule has 0 aliphatic heterocycles. The van der Waals surface area contributed by atoms with Crippen molar-refractivity contribution in [2.24, 2.45) is 0 Å². The van der Waals surface area contributed by atoms with E-state index in [1.54, 1.807) is 0 Å². The molecule has 0 aliphatic carbocycles. The fourth-order valence-corrected chi connectivity index (χ4v) is 3.17. The molecular formula is C21H17N7. The highest BCUT2D eigenvalue weighted by atomic mass is 15.1. The first-order valence-electron chi connectivity index (χ1n) is 8.77. The Hall–Kier alpha value is -4.05. The third-order valence-corrected chi connectivity index (χ3v) is 4.51. The third kappa shape index (κ3) is 3.08. The molecule has 0 aliphatic rings. The molecule has 3 N–H and O–H groups in total. The standard InChI is InChI=1S/C21H17N7/c1-13(26-21-16(11-22)20(23)24-12-25-21)19-18(14-7-3-2-4-8-14)15-9-5-6-10-17(15)27-28-19/h2-10,12-13H,1H3,(H3,23,24,25,26)/t13-/m0/s1. The molecular weight excluding hydrogens is 350 g/mol. The Bertz CT molecular complexity index is 1180. The largest absolute Gasteiger partial charge is 0.382 e. The minimum absolute atomic E-state index is 0.139. The Balaban J connectivity index is 1.85. The molecule has 7 nitrogen and oxygen atoms in total. The summed E-state index contributed by atoms with van der Waals surface area (Å²) in [6.07, 6.45) is 1.33. The average molecular weight is 367 g/mol. The number of nitrogen functional groups attached to an aromatic ring is 1. The van der Waals surface area contributed by atoms with Crippen molar-refractivity contribution in [1.82, 2.24) is 20.2 Å². The van der Waals surface area contributed by atoms with Crippen molar-refractivity contribution in [2.45, 2.75) is 13.0 Å². The Morgan fingerprint density at radius 3 is 2.54 bits per heavy atom. The normalized spacial score (nSPS) is 11.7. The second-order valence-corrected chi connectivity index (χ2v) is 6.30. The molecule has 4 aromatic rings. The Kier molecular flexibility index (Phi) is 4.52. The average Bonchev–Trinajstić information content (AvgIpc) is 2.73. The molecule has 7 heteroatoms. The quantitative estimate of drug-likeness (QED) is 0.565. The Morgan fingerprint density at radius 1 is 1.00 bits per heavy atom. The summed E-state index contributed by atoms with van der Waals surface area (Å²) in [5.41, 5.74) is 9.62. The molecule has 0 saturated carbocycles. The van der Waals surface area contributed by atoms with Gasteiger partial charge in [-0.3, -0.25) is 0 Å². The van der Waals surface area contributed by atoms with Gasteiger partial charge in [-0.1, -0.05) is 48.5 Å². The second-order valence-electron chi connectivity index (χ2n) is 6.30. The molecule has 0 radical (unpaired) electrons. The minimum Gasteiger partial charge on any atom is -0.382 e. The van der Waals surface area contributed by atoms with E-state index in [1.807, 2.05) is 67.6 Å². The zero-order valence-corrected chi connectivity index (χ0v) is 15.2. The number of benzene rings is 2. The van der Waals surface area contributed by atoms with Crippen molar-refractivity contribution in [3.8, 4) is 17.2 Å². The van der Waals surface area contributed by atoms with Crippen molar-refractivity contribution < 1.29 is 0 Å². The van der Waals surface area contributed by atoms with E-state index in [0.717, 1.165) is 27.7 Å². The van der Waals surface area contributed by atoms with Gasteiger partial charge in [0.15, 0.2) is 0 Å². The number of anilines is 2. The van der Waals surface area contributed by atoms with Gasteiger partial charge in [-0.05, 0) is 18.6 Å². The van der Waals surface area contributed by atoms with E-state index < -0.39 is 0 Å². The van der Waals surface area contributed by atoms with Gasteiger partial charge in [-0.15, -0.1) is 0 Å². The number of aromatic nitrogens is 4. The van der Waals surface area contributed by atoms with E-state index in [9.17, 15) is 5.26 Å². The Morgan fingerprint density at radius 2 is 1.75 bits per heavy atom. The number of hydrogen-bond donors (Lipinski definition) is 2. The highest BCUT2D eigenvalue weighted by Crippen LogP contribution is 2.34. The molecule has 2 aromatic carbocycles. The van der Waals surface area contributed by atoms with Crippen LogP contribution in [0.2, 0.25) is 0 Å². The SMILES string of the molecule is C[C@H](Nc1ncnc(N)c1C#N)c1nnc2ccccc2c1-c1ccccc1. The van der Waals surface area contributed by atoms with Gasteiger partial charge in [0, 0.05) is 10.9 Å². The van der Waals surface area contributed by atoms with Gasteiger partial charge in [-0.25, -0.2) is 9.97 Å². The molecule has 2 heterocycles. The van der Waals surface area contributed by atoms with E-state index >= 15 is 0 Å². The fraction of sp³-hybridized carbons (Fsp3) is 0.0952. The van der Waals surface area contributed by atoms with Gasteiger partial charge in [0.1, 0.15) is 29.6 Å². The van der Waals surface area contributed by atoms with Crippen molar-refractivity contribution >= 4 is 22.5 Å². The molecule has 0 saturated heterocycles. The maximum atomic E-state index is 9.38. The van der Waals surface area contributed by atoms with Gasteiger partial charge in [0.25, 0.3) is 0 Å². The van der Waals surface area contributed by atoms with Gasteiger partial charge >= 0.3 is 0 Å². The van der Waals surface area contributed by atoms with E-state index in [1.165, 1.54) is 6.33 Å². The number of nitrogens with two attached hydrogens (primary N) is 1. The molecule has 0 amide bonds. The van der Waals surface area contributed by atoms with Crippen LogP contribution >= 0.6 is 0 Å². The lowest BCUT2D eigenvalue weighted by molar-refractivity contribution is 0.804. The molecule has 136 valence electrons. The molecule has 0 fully saturated rings. The predicted octanol–water partition coefficient (Wildman–Crippen LogP) is 3.71. The fourth-order valence-electron chi connectivity index (χ4n) is 3.17. The van der Waals surface area contributed by atoms with Gasteiger partial charge in [0.05, 0.1) is 17.3 Å². The molecule has 28 heavy (non-hydrogen) atoms. The summed E-state index contributed by atoms with van der Waals surface area (Å²) in [4.78, 5) is 8.04. The van der Waals surface area contributed by atoms with Crippen molar-refractivity contribution in [3.05, 3.63) is 72.2 Å². The van der Waals surface area contributed by atoms with Gasteiger partial charge < -0.3 is 11.1 Å². The summed E-state index contributed by atoms with van der Waals surface area (Å²) in [5.74, 6) is 0.511. The highest BCUT2D eigenvalue weighted by Gasteiger charge is 2.20. The summed E-state index contributed by atoms with van der Waals surface area (Å²) in [7, 11) is 0. The summed E-state index contributed by atoms with van der Waals surface area (Å²) < 4.78 is 0. The van der Waals surface area contributed by atoms with Crippen molar-refractivity contribution in [1.29, 1.82) is 5.26 Å². The van der Waals surface area contributed by atoms with Crippen molar-refractivity contribution in [2.75, 3.05) is 11.1 Å². The second kappa shape index (κ2) is 7.29. The molecule has 0 unspecified atom stereocenters. The van der Waals surface area contributed by atoms with Crippen LogP contribution in [0, 0.1) is 11.3 Å². The number of nitrogens with zero attached hydrogens (tertiary/aromatic N) is 5. The van der Waals surface area contributed by atoms with Crippen LogP contribution in [-0.4, -0.2) is 20.2 Å². The van der Waals surface area contributed by atoms with Crippen LogP contribution in [0.3, 0.4) is 0 Å². The van der Waals surface area contributed by atoms with Crippen LogP contribution in [0.15, 0.2) is 60.9 Å². The first-order chi connectivity index (χ1) is 13.7. The maximum Gasteiger partial charge on any atom is 0.150 e. The summed E-state index contributed by atoms with van der Waals surface area (Å²) in [5, 5.41) is 22.5. The highest BCUT2D eigenvalue weighted by molar-refractivity contribution is 5.95. The third-order valence-electron chi connectivity index (χ3n) is 4.51. The molecule has 4 rings (SSSR count). The van der Waals surface area contributed by atoms with E-state index in [0.29, 0.717) is 5.82 Å².